The molecule has 3 rings (SSSR count). The van der Waals surface area contributed by atoms with Gasteiger partial charge in [-0.05, 0) is 17.7 Å². The average Bonchev–Trinajstić information content (AvgIpc) is 2.51. The van der Waals surface area contributed by atoms with Crippen molar-refractivity contribution in [3.63, 3.8) is 0 Å². The summed E-state index contributed by atoms with van der Waals surface area (Å²) < 4.78 is 11.4. The van der Waals surface area contributed by atoms with E-state index >= 15 is 0 Å². The maximum Gasteiger partial charge on any atom is 0.119 e. The normalized spacial score (nSPS) is 37.6. The van der Waals surface area contributed by atoms with Gasteiger partial charge in [0.25, 0.3) is 0 Å². The van der Waals surface area contributed by atoms with Gasteiger partial charge in [-0.25, -0.2) is 0 Å². The topological polar surface area (TPSA) is 38.7 Å². The Bertz CT molecular complexity index is 388. The van der Waals surface area contributed by atoms with E-state index in [0.29, 0.717) is 24.7 Å². The van der Waals surface area contributed by atoms with Crippen LogP contribution in [0.1, 0.15) is 12.0 Å². The Morgan fingerprint density at radius 3 is 2.81 bits per heavy atom. The Labute approximate surface area is 98.9 Å². The van der Waals surface area contributed by atoms with Crippen LogP contribution in [0.15, 0.2) is 24.3 Å². The van der Waals surface area contributed by atoms with Crippen LogP contribution in [-0.4, -0.2) is 30.5 Å². The van der Waals surface area contributed by atoms with E-state index in [4.69, 9.17) is 21.1 Å². The van der Waals surface area contributed by atoms with E-state index in [9.17, 15) is 5.11 Å². The van der Waals surface area contributed by atoms with Crippen LogP contribution in [0, 0.1) is 0 Å². The van der Waals surface area contributed by atoms with Gasteiger partial charge in [0.2, 0.25) is 0 Å². The highest BCUT2D eigenvalue weighted by atomic mass is 35.5. The van der Waals surface area contributed by atoms with Crippen LogP contribution >= 0.6 is 11.6 Å². The zero-order valence-corrected chi connectivity index (χ0v) is 9.48. The standard InChI is InChI=1S/C12H13ClO3/c13-9-3-1-8(2-4-9)12-5-10(14)11(16-12)6-15-7-12/h1-4,10-11,14H,5-7H2/t10-,11+,12-/m0/s1. The molecule has 2 aliphatic rings. The molecule has 2 aliphatic heterocycles. The molecule has 16 heavy (non-hydrogen) atoms. The van der Waals surface area contributed by atoms with Crippen molar-refractivity contribution in [3.05, 3.63) is 34.9 Å². The minimum atomic E-state index is -0.479. The molecule has 86 valence electrons. The second kappa shape index (κ2) is 3.70. The number of benzene rings is 1. The SMILES string of the molecule is O[C@H]1C[C@@]2(c3ccc(Cl)cc3)COC[C@H]1O2. The minimum Gasteiger partial charge on any atom is -0.390 e. The third-order valence-corrected chi connectivity index (χ3v) is 3.58. The van der Waals surface area contributed by atoms with Crippen LogP contribution in [0.2, 0.25) is 5.02 Å². The maximum absolute atomic E-state index is 9.85. The molecule has 1 aromatic carbocycles. The van der Waals surface area contributed by atoms with Crippen LogP contribution in [-0.2, 0) is 15.1 Å². The van der Waals surface area contributed by atoms with Crippen molar-refractivity contribution >= 4 is 11.6 Å². The second-order valence-corrected chi connectivity index (χ2v) is 4.88. The maximum atomic E-state index is 9.85. The molecule has 2 saturated heterocycles. The molecule has 1 N–H and O–H groups in total. The Morgan fingerprint density at radius 2 is 2.06 bits per heavy atom. The van der Waals surface area contributed by atoms with Gasteiger partial charge in [0.05, 0.1) is 19.3 Å². The lowest BCUT2D eigenvalue weighted by Crippen LogP contribution is -2.38. The summed E-state index contributed by atoms with van der Waals surface area (Å²) in [5.74, 6) is 0. The van der Waals surface area contributed by atoms with Gasteiger partial charge >= 0.3 is 0 Å². The summed E-state index contributed by atoms with van der Waals surface area (Å²) in [5, 5.41) is 10.6. The van der Waals surface area contributed by atoms with E-state index in [2.05, 4.69) is 0 Å². The number of aliphatic hydroxyl groups is 1. The lowest BCUT2D eigenvalue weighted by molar-refractivity contribution is -0.170. The largest absolute Gasteiger partial charge is 0.390 e. The molecule has 0 radical (unpaired) electrons. The third-order valence-electron chi connectivity index (χ3n) is 3.33. The van der Waals surface area contributed by atoms with Crippen molar-refractivity contribution in [2.75, 3.05) is 13.2 Å². The van der Waals surface area contributed by atoms with Gasteiger partial charge in [-0.3, -0.25) is 0 Å². The van der Waals surface area contributed by atoms with Crippen LogP contribution in [0.5, 0.6) is 0 Å². The van der Waals surface area contributed by atoms with E-state index < -0.39 is 11.7 Å². The lowest BCUT2D eigenvalue weighted by Gasteiger charge is -2.33. The number of ether oxygens (including phenoxy) is 2. The van der Waals surface area contributed by atoms with E-state index in [0.717, 1.165) is 5.56 Å². The Balaban J connectivity index is 1.96. The molecule has 0 saturated carbocycles. The van der Waals surface area contributed by atoms with Crippen LogP contribution in [0.3, 0.4) is 0 Å². The number of aliphatic hydroxyl groups excluding tert-OH is 1. The lowest BCUT2D eigenvalue weighted by atomic mass is 9.91. The summed E-state index contributed by atoms with van der Waals surface area (Å²) in [4.78, 5) is 0. The van der Waals surface area contributed by atoms with Gasteiger partial charge < -0.3 is 14.6 Å². The molecular weight excluding hydrogens is 228 g/mol. The summed E-state index contributed by atoms with van der Waals surface area (Å²) in [6, 6.07) is 7.55. The van der Waals surface area contributed by atoms with E-state index in [1.54, 1.807) is 0 Å². The molecule has 0 unspecified atom stereocenters. The summed E-state index contributed by atoms with van der Waals surface area (Å²) >= 11 is 5.86. The number of hydrogen-bond donors (Lipinski definition) is 1. The number of hydrogen-bond acceptors (Lipinski definition) is 3. The van der Waals surface area contributed by atoms with Crippen molar-refractivity contribution < 1.29 is 14.6 Å². The quantitative estimate of drug-likeness (QED) is 0.812. The second-order valence-electron chi connectivity index (χ2n) is 4.44. The molecule has 3 atom stereocenters. The molecule has 2 bridgehead atoms. The predicted molar refractivity (Wildman–Crippen MR) is 59.4 cm³/mol. The molecule has 3 nitrogen and oxygen atoms in total. The highest BCUT2D eigenvalue weighted by molar-refractivity contribution is 6.30. The number of fused-ring (bicyclic) bond motifs is 2. The van der Waals surface area contributed by atoms with Crippen molar-refractivity contribution in [2.45, 2.75) is 24.2 Å². The monoisotopic (exact) mass is 240 g/mol. The first-order valence-electron chi connectivity index (χ1n) is 5.39. The number of halogens is 1. The first kappa shape index (κ1) is 10.5. The predicted octanol–water partition coefficient (Wildman–Crippen LogP) is 1.72. The van der Waals surface area contributed by atoms with E-state index in [1.807, 2.05) is 24.3 Å². The van der Waals surface area contributed by atoms with Crippen molar-refractivity contribution in [1.29, 1.82) is 0 Å². The van der Waals surface area contributed by atoms with E-state index in [-0.39, 0.29) is 6.10 Å². The third kappa shape index (κ3) is 1.55. The molecule has 0 aliphatic carbocycles. The zero-order chi connectivity index (χ0) is 11.2. The van der Waals surface area contributed by atoms with Gasteiger partial charge in [-0.1, -0.05) is 23.7 Å². The van der Waals surface area contributed by atoms with Gasteiger partial charge in [0.1, 0.15) is 11.7 Å². The van der Waals surface area contributed by atoms with Crippen molar-refractivity contribution in [2.24, 2.45) is 0 Å². The molecule has 0 amide bonds. The van der Waals surface area contributed by atoms with Crippen molar-refractivity contribution in [3.8, 4) is 0 Å². The Kier molecular flexibility index (Phi) is 2.44. The Hall–Kier alpha value is -0.610. The van der Waals surface area contributed by atoms with Gasteiger partial charge in [0.15, 0.2) is 0 Å². The Morgan fingerprint density at radius 1 is 1.31 bits per heavy atom. The average molecular weight is 241 g/mol. The molecule has 1 aromatic rings. The van der Waals surface area contributed by atoms with Crippen LogP contribution in [0.4, 0.5) is 0 Å². The molecule has 2 heterocycles. The molecule has 4 heteroatoms. The zero-order valence-electron chi connectivity index (χ0n) is 8.73. The summed E-state index contributed by atoms with van der Waals surface area (Å²) in [6.45, 7) is 0.985. The fourth-order valence-electron chi connectivity index (χ4n) is 2.49. The van der Waals surface area contributed by atoms with E-state index in [1.165, 1.54) is 0 Å². The van der Waals surface area contributed by atoms with Gasteiger partial charge in [0, 0.05) is 11.4 Å². The fourth-order valence-corrected chi connectivity index (χ4v) is 2.61. The summed E-state index contributed by atoms with van der Waals surface area (Å²) in [7, 11) is 0. The fraction of sp³-hybridized carbons (Fsp3) is 0.500. The first-order chi connectivity index (χ1) is 7.70. The van der Waals surface area contributed by atoms with Crippen LogP contribution in [0.25, 0.3) is 0 Å². The van der Waals surface area contributed by atoms with Gasteiger partial charge in [-0.2, -0.15) is 0 Å². The number of rotatable bonds is 1. The molecular formula is C12H13ClO3. The first-order valence-corrected chi connectivity index (χ1v) is 5.77. The van der Waals surface area contributed by atoms with Crippen LogP contribution < -0.4 is 0 Å². The molecule has 0 spiro atoms. The summed E-state index contributed by atoms with van der Waals surface area (Å²) in [5.41, 5.74) is 0.547. The van der Waals surface area contributed by atoms with Crippen molar-refractivity contribution in [1.82, 2.24) is 0 Å². The minimum absolute atomic E-state index is 0.190. The highest BCUT2D eigenvalue weighted by Crippen LogP contribution is 2.42. The summed E-state index contributed by atoms with van der Waals surface area (Å²) in [6.07, 6.45) is -0.0261. The highest BCUT2D eigenvalue weighted by Gasteiger charge is 2.50. The molecule has 0 aromatic heterocycles. The smallest absolute Gasteiger partial charge is 0.119 e. The molecule has 2 fully saturated rings. The van der Waals surface area contributed by atoms with Gasteiger partial charge in [-0.15, -0.1) is 0 Å².